The first-order valence-electron chi connectivity index (χ1n) is 11.4. The molecule has 1 saturated heterocycles. The first-order valence-corrected chi connectivity index (χ1v) is 11.4. The van der Waals surface area contributed by atoms with Gasteiger partial charge in [0.15, 0.2) is 0 Å². The maximum absolute atomic E-state index is 13.0. The Morgan fingerprint density at radius 3 is 2.36 bits per heavy atom. The average molecular weight is 452 g/mol. The van der Waals surface area contributed by atoms with Crippen LogP contribution in [0.3, 0.4) is 0 Å². The molecule has 0 radical (unpaired) electrons. The molecule has 7 nitrogen and oxygen atoms in total. The lowest BCUT2D eigenvalue weighted by Gasteiger charge is -2.32. The lowest BCUT2D eigenvalue weighted by Crippen LogP contribution is -2.43. The Balaban J connectivity index is 1.60. The van der Waals surface area contributed by atoms with Crippen molar-refractivity contribution in [1.29, 1.82) is 0 Å². The summed E-state index contributed by atoms with van der Waals surface area (Å²) >= 11 is 0. The van der Waals surface area contributed by atoms with Crippen LogP contribution in [-0.4, -0.2) is 42.5 Å². The minimum atomic E-state index is -0.528. The van der Waals surface area contributed by atoms with Gasteiger partial charge in [0.2, 0.25) is 5.91 Å². The summed E-state index contributed by atoms with van der Waals surface area (Å²) in [5.41, 5.74) is 3.88. The Bertz CT molecular complexity index is 998. The summed E-state index contributed by atoms with van der Waals surface area (Å²) in [5.74, 6) is -0.211. The number of hydrogen-bond donors (Lipinski definition) is 2. The molecule has 1 atom stereocenters. The third kappa shape index (κ3) is 7.07. The number of carbonyl (C=O) groups is 3. The van der Waals surface area contributed by atoms with Crippen molar-refractivity contribution >= 4 is 29.3 Å². The zero-order chi connectivity index (χ0) is 24.0. The summed E-state index contributed by atoms with van der Waals surface area (Å²) in [6, 6.07) is 12.8. The summed E-state index contributed by atoms with van der Waals surface area (Å²) in [6.07, 6.45) is 0.972. The van der Waals surface area contributed by atoms with Crippen LogP contribution >= 0.6 is 0 Å². The van der Waals surface area contributed by atoms with Gasteiger partial charge in [-0.15, -0.1) is 0 Å². The largest absolute Gasteiger partial charge is 0.449 e. The summed E-state index contributed by atoms with van der Waals surface area (Å²) in [6.45, 7) is 9.25. The summed E-state index contributed by atoms with van der Waals surface area (Å²) in [5, 5.41) is 5.60. The number of anilines is 2. The van der Waals surface area contributed by atoms with Crippen LogP contribution in [0.2, 0.25) is 0 Å². The molecular formula is C26H33N3O4. The average Bonchev–Trinajstić information content (AvgIpc) is 2.77. The minimum absolute atomic E-state index is 0.0367. The van der Waals surface area contributed by atoms with E-state index in [2.05, 4.69) is 10.6 Å². The van der Waals surface area contributed by atoms with Crippen LogP contribution in [0, 0.1) is 25.7 Å². The molecule has 0 saturated carbocycles. The Hall–Kier alpha value is -3.35. The molecule has 33 heavy (non-hydrogen) atoms. The molecule has 2 aromatic carbocycles. The molecule has 2 N–H and O–H groups in total. The Kier molecular flexibility index (Phi) is 8.09. The van der Waals surface area contributed by atoms with Crippen LogP contribution in [0.25, 0.3) is 0 Å². The number of benzene rings is 2. The van der Waals surface area contributed by atoms with E-state index in [-0.39, 0.29) is 23.7 Å². The van der Waals surface area contributed by atoms with Crippen LogP contribution in [0.5, 0.6) is 0 Å². The van der Waals surface area contributed by atoms with Gasteiger partial charge in [-0.2, -0.15) is 0 Å². The summed E-state index contributed by atoms with van der Waals surface area (Å²) < 4.78 is 5.13. The third-order valence-corrected chi connectivity index (χ3v) is 5.47. The normalized spacial score (nSPS) is 15.8. The quantitative estimate of drug-likeness (QED) is 0.647. The van der Waals surface area contributed by atoms with Crippen molar-refractivity contribution < 1.29 is 19.1 Å². The van der Waals surface area contributed by atoms with Crippen molar-refractivity contribution in [3.63, 3.8) is 0 Å². The summed E-state index contributed by atoms with van der Waals surface area (Å²) in [7, 11) is 0. The Morgan fingerprint density at radius 2 is 1.70 bits per heavy atom. The van der Waals surface area contributed by atoms with Crippen molar-refractivity contribution in [2.45, 2.75) is 40.5 Å². The molecule has 0 aliphatic carbocycles. The molecule has 1 aliphatic rings. The van der Waals surface area contributed by atoms with Crippen LogP contribution in [-0.2, 0) is 9.53 Å². The van der Waals surface area contributed by atoms with Crippen LogP contribution in [0.15, 0.2) is 42.5 Å². The van der Waals surface area contributed by atoms with Crippen LogP contribution in [0.4, 0.5) is 16.2 Å². The van der Waals surface area contributed by atoms with E-state index in [1.807, 2.05) is 45.9 Å². The number of hydrogen-bond acceptors (Lipinski definition) is 4. The van der Waals surface area contributed by atoms with Crippen molar-refractivity contribution in [3.05, 3.63) is 59.2 Å². The van der Waals surface area contributed by atoms with Gasteiger partial charge in [0.25, 0.3) is 5.91 Å². The first-order chi connectivity index (χ1) is 15.7. The van der Waals surface area contributed by atoms with Gasteiger partial charge in [-0.05, 0) is 62.9 Å². The minimum Gasteiger partial charge on any atom is -0.449 e. The topological polar surface area (TPSA) is 87.7 Å². The van der Waals surface area contributed by atoms with E-state index in [0.717, 1.165) is 24.0 Å². The molecule has 1 unspecified atom stereocenters. The molecule has 1 fully saturated rings. The van der Waals surface area contributed by atoms with Crippen molar-refractivity contribution in [2.24, 2.45) is 11.8 Å². The van der Waals surface area contributed by atoms with Gasteiger partial charge < -0.3 is 15.0 Å². The predicted molar refractivity (Wildman–Crippen MR) is 129 cm³/mol. The highest BCUT2D eigenvalue weighted by atomic mass is 16.5. The smallest absolute Gasteiger partial charge is 0.411 e. The van der Waals surface area contributed by atoms with E-state index < -0.39 is 6.09 Å². The molecule has 3 rings (SSSR count). The number of rotatable bonds is 6. The molecular weight excluding hydrogens is 418 g/mol. The molecule has 1 aliphatic heterocycles. The van der Waals surface area contributed by atoms with Gasteiger partial charge >= 0.3 is 6.09 Å². The van der Waals surface area contributed by atoms with Gasteiger partial charge in [-0.25, -0.2) is 4.79 Å². The first kappa shape index (κ1) is 24.3. The number of nitrogens with zero attached hydrogens (tertiary/aromatic N) is 1. The second-order valence-corrected chi connectivity index (χ2v) is 9.15. The van der Waals surface area contributed by atoms with E-state index in [1.165, 1.54) is 0 Å². The maximum Gasteiger partial charge on any atom is 0.411 e. The zero-order valence-electron chi connectivity index (χ0n) is 19.8. The predicted octanol–water partition coefficient (Wildman–Crippen LogP) is 5.00. The van der Waals surface area contributed by atoms with E-state index in [1.54, 1.807) is 29.2 Å². The standard InChI is InChI=1S/C26H33N3O4/c1-17(2)16-33-26(32)28-23-9-5-8-22(14-23)27-24(30)20-7-6-10-29(15-20)25(31)21-12-18(3)11-19(4)13-21/h5,8-9,11-14,17,20H,6-7,10,15-16H2,1-4H3,(H,27,30)(H,28,32). The fraction of sp³-hybridized carbons (Fsp3) is 0.423. The number of amides is 3. The fourth-order valence-electron chi connectivity index (χ4n) is 3.97. The van der Waals surface area contributed by atoms with Crippen molar-refractivity contribution in [1.82, 2.24) is 4.90 Å². The Morgan fingerprint density at radius 1 is 1.03 bits per heavy atom. The molecule has 3 amide bonds. The van der Waals surface area contributed by atoms with E-state index in [4.69, 9.17) is 4.74 Å². The van der Waals surface area contributed by atoms with Gasteiger partial charge in [-0.3, -0.25) is 14.9 Å². The molecule has 0 spiro atoms. The highest BCUT2D eigenvalue weighted by Gasteiger charge is 2.29. The van der Waals surface area contributed by atoms with Gasteiger partial charge in [0.05, 0.1) is 12.5 Å². The second kappa shape index (κ2) is 11.0. The second-order valence-electron chi connectivity index (χ2n) is 9.15. The number of piperidine rings is 1. The van der Waals surface area contributed by atoms with E-state index in [9.17, 15) is 14.4 Å². The van der Waals surface area contributed by atoms with Crippen molar-refractivity contribution in [3.8, 4) is 0 Å². The maximum atomic E-state index is 13.0. The lowest BCUT2D eigenvalue weighted by molar-refractivity contribution is -0.121. The molecule has 176 valence electrons. The number of carbonyl (C=O) groups excluding carboxylic acids is 3. The van der Waals surface area contributed by atoms with Gasteiger partial charge in [0.1, 0.15) is 0 Å². The SMILES string of the molecule is Cc1cc(C)cc(C(=O)N2CCCC(C(=O)Nc3cccc(NC(=O)OCC(C)C)c3)C2)c1. The molecule has 2 aromatic rings. The monoisotopic (exact) mass is 451 g/mol. The highest BCUT2D eigenvalue weighted by molar-refractivity contribution is 5.97. The van der Waals surface area contributed by atoms with Gasteiger partial charge in [-0.1, -0.05) is 37.1 Å². The van der Waals surface area contributed by atoms with Crippen molar-refractivity contribution in [2.75, 3.05) is 30.3 Å². The highest BCUT2D eigenvalue weighted by Crippen LogP contribution is 2.22. The molecule has 1 heterocycles. The number of aryl methyl sites for hydroxylation is 2. The molecule has 0 bridgehead atoms. The zero-order valence-corrected chi connectivity index (χ0v) is 19.8. The Labute approximate surface area is 195 Å². The number of likely N-dealkylation sites (tertiary alicyclic amines) is 1. The van der Waals surface area contributed by atoms with Crippen LogP contribution in [0.1, 0.15) is 48.2 Å². The number of nitrogens with one attached hydrogen (secondary N) is 2. The number of ether oxygens (including phenoxy) is 1. The fourth-order valence-corrected chi connectivity index (χ4v) is 3.97. The molecule has 0 aromatic heterocycles. The van der Waals surface area contributed by atoms with Gasteiger partial charge in [0, 0.05) is 30.0 Å². The molecule has 7 heteroatoms. The third-order valence-electron chi connectivity index (χ3n) is 5.47. The summed E-state index contributed by atoms with van der Waals surface area (Å²) in [4.78, 5) is 39.6. The van der Waals surface area contributed by atoms with E-state index >= 15 is 0 Å². The van der Waals surface area contributed by atoms with Crippen LogP contribution < -0.4 is 10.6 Å². The lowest BCUT2D eigenvalue weighted by atomic mass is 9.96. The van der Waals surface area contributed by atoms with E-state index in [0.29, 0.717) is 36.6 Å².